The molecule has 3 aromatic rings. The molecule has 0 aliphatic heterocycles. The maximum atomic E-state index is 14.7. The number of alkyl halides is 3. The van der Waals surface area contributed by atoms with Gasteiger partial charge in [0.2, 0.25) is 21.8 Å². The SMILES string of the molecule is COc1ccc2c(c1)CC(Oc1ccc(F)c(-c3cnc(OC)c(NS(=O)(=O)CC(F)(F)F)c3)n1)CC2. The van der Waals surface area contributed by atoms with Crippen molar-refractivity contribution in [1.82, 2.24) is 9.97 Å². The Labute approximate surface area is 210 Å². The molecule has 198 valence electrons. The highest BCUT2D eigenvalue weighted by molar-refractivity contribution is 7.92. The number of hydrogen-bond acceptors (Lipinski definition) is 7. The number of hydrogen-bond donors (Lipinski definition) is 1. The fraction of sp³-hybridized carbons (Fsp3) is 0.333. The Balaban J connectivity index is 1.58. The molecule has 1 unspecified atom stereocenters. The molecule has 1 aliphatic rings. The van der Waals surface area contributed by atoms with Crippen molar-refractivity contribution in [2.75, 3.05) is 24.7 Å². The Bertz CT molecular complexity index is 1400. The van der Waals surface area contributed by atoms with Crippen LogP contribution >= 0.6 is 0 Å². The van der Waals surface area contributed by atoms with E-state index < -0.39 is 33.5 Å². The first kappa shape index (κ1) is 26.5. The third kappa shape index (κ3) is 6.59. The molecule has 8 nitrogen and oxygen atoms in total. The van der Waals surface area contributed by atoms with E-state index in [9.17, 15) is 26.0 Å². The van der Waals surface area contributed by atoms with Gasteiger partial charge in [0.25, 0.3) is 0 Å². The lowest BCUT2D eigenvalue weighted by molar-refractivity contribution is -0.106. The molecule has 2 aromatic heterocycles. The fourth-order valence-corrected chi connectivity index (χ4v) is 5.01. The van der Waals surface area contributed by atoms with Gasteiger partial charge in [0, 0.05) is 24.2 Å². The predicted octanol–water partition coefficient (Wildman–Crippen LogP) is 4.54. The number of halogens is 4. The zero-order valence-corrected chi connectivity index (χ0v) is 20.6. The largest absolute Gasteiger partial charge is 0.497 e. The molecule has 1 aromatic carbocycles. The van der Waals surface area contributed by atoms with Gasteiger partial charge in [-0.25, -0.2) is 22.8 Å². The van der Waals surface area contributed by atoms with E-state index in [2.05, 4.69) is 9.97 Å². The van der Waals surface area contributed by atoms with E-state index in [4.69, 9.17) is 14.2 Å². The van der Waals surface area contributed by atoms with Gasteiger partial charge in [0.15, 0.2) is 5.75 Å². The lowest BCUT2D eigenvalue weighted by Gasteiger charge is -2.25. The number of nitrogens with one attached hydrogen (secondary N) is 1. The van der Waals surface area contributed by atoms with E-state index in [1.165, 1.54) is 17.8 Å². The second-order valence-electron chi connectivity index (χ2n) is 8.35. The van der Waals surface area contributed by atoms with Crippen molar-refractivity contribution < 1.29 is 40.2 Å². The van der Waals surface area contributed by atoms with Crippen LogP contribution in [-0.4, -0.2) is 50.6 Å². The number of sulfonamides is 1. The van der Waals surface area contributed by atoms with Crippen molar-refractivity contribution in [2.24, 2.45) is 0 Å². The molecule has 0 fully saturated rings. The van der Waals surface area contributed by atoms with Crippen molar-refractivity contribution in [3.8, 4) is 28.8 Å². The van der Waals surface area contributed by atoms with Crippen molar-refractivity contribution in [2.45, 2.75) is 31.5 Å². The molecule has 0 spiro atoms. The lowest BCUT2D eigenvalue weighted by atomic mass is 9.89. The summed E-state index contributed by atoms with van der Waals surface area (Å²) >= 11 is 0. The normalized spacial score (nSPS) is 15.6. The van der Waals surface area contributed by atoms with Crippen molar-refractivity contribution >= 4 is 15.7 Å². The minimum atomic E-state index is -4.96. The average Bonchev–Trinajstić information content (AvgIpc) is 2.83. The molecule has 0 saturated carbocycles. The van der Waals surface area contributed by atoms with E-state index in [0.717, 1.165) is 37.0 Å². The molecule has 13 heteroatoms. The van der Waals surface area contributed by atoms with Crippen molar-refractivity contribution in [1.29, 1.82) is 0 Å². The number of anilines is 1. The third-order valence-corrected chi connectivity index (χ3v) is 6.88. The Morgan fingerprint density at radius 2 is 1.86 bits per heavy atom. The predicted molar refractivity (Wildman–Crippen MR) is 127 cm³/mol. The van der Waals surface area contributed by atoms with Gasteiger partial charge in [-0.1, -0.05) is 6.07 Å². The number of benzene rings is 1. The number of methoxy groups -OCH3 is 2. The molecule has 37 heavy (non-hydrogen) atoms. The first-order valence-corrected chi connectivity index (χ1v) is 12.7. The first-order chi connectivity index (χ1) is 17.5. The number of aromatic nitrogens is 2. The summed E-state index contributed by atoms with van der Waals surface area (Å²) in [7, 11) is -2.09. The van der Waals surface area contributed by atoms with Crippen LogP contribution in [0.1, 0.15) is 17.5 Å². The van der Waals surface area contributed by atoms with Crippen LogP contribution in [0.3, 0.4) is 0 Å². The van der Waals surface area contributed by atoms with Gasteiger partial charge < -0.3 is 14.2 Å². The van der Waals surface area contributed by atoms with Crippen LogP contribution in [0.5, 0.6) is 17.5 Å². The summed E-state index contributed by atoms with van der Waals surface area (Å²) in [6.45, 7) is 0. The molecule has 1 atom stereocenters. The topological polar surface area (TPSA) is 99.6 Å². The maximum Gasteiger partial charge on any atom is 0.404 e. The van der Waals surface area contributed by atoms with Crippen molar-refractivity contribution in [3.63, 3.8) is 0 Å². The van der Waals surface area contributed by atoms with Crippen LogP contribution in [-0.2, 0) is 22.9 Å². The Morgan fingerprint density at radius 1 is 1.08 bits per heavy atom. The number of aryl methyl sites for hydroxylation is 1. The molecular formula is C24H23F4N3O5S. The van der Waals surface area contributed by atoms with Gasteiger partial charge in [-0.05, 0) is 48.2 Å². The number of rotatable bonds is 8. The smallest absolute Gasteiger partial charge is 0.404 e. The quantitative estimate of drug-likeness (QED) is 0.418. The van der Waals surface area contributed by atoms with Crippen molar-refractivity contribution in [3.05, 3.63) is 59.5 Å². The summed E-state index contributed by atoms with van der Waals surface area (Å²) in [4.78, 5) is 8.11. The van der Waals surface area contributed by atoms with Crippen LogP contribution in [0.15, 0.2) is 42.6 Å². The molecule has 0 radical (unpaired) electrons. The highest BCUT2D eigenvalue weighted by Crippen LogP contribution is 2.32. The minimum absolute atomic E-state index is 0.00665. The highest BCUT2D eigenvalue weighted by atomic mass is 32.2. The van der Waals surface area contributed by atoms with E-state index >= 15 is 0 Å². The third-order valence-electron chi connectivity index (χ3n) is 5.64. The summed E-state index contributed by atoms with van der Waals surface area (Å²) < 4.78 is 94.6. The molecule has 0 bridgehead atoms. The zero-order chi connectivity index (χ0) is 26.8. The molecule has 0 saturated heterocycles. The van der Waals surface area contributed by atoms with Crippen LogP contribution < -0.4 is 18.9 Å². The van der Waals surface area contributed by atoms with Gasteiger partial charge in [-0.2, -0.15) is 13.2 Å². The van der Waals surface area contributed by atoms with Crippen LogP contribution in [0.25, 0.3) is 11.3 Å². The average molecular weight is 542 g/mol. The Morgan fingerprint density at radius 3 is 2.57 bits per heavy atom. The summed E-state index contributed by atoms with van der Waals surface area (Å²) in [6.07, 6.45) is -1.95. The van der Waals surface area contributed by atoms with E-state index in [1.807, 2.05) is 18.2 Å². The second kappa shape index (κ2) is 10.4. The molecule has 0 amide bonds. The van der Waals surface area contributed by atoms with Crippen LogP contribution in [0, 0.1) is 5.82 Å². The number of pyridine rings is 2. The monoisotopic (exact) mass is 541 g/mol. The highest BCUT2D eigenvalue weighted by Gasteiger charge is 2.35. The number of ether oxygens (including phenoxy) is 3. The van der Waals surface area contributed by atoms with E-state index in [1.54, 1.807) is 11.8 Å². The summed E-state index contributed by atoms with van der Waals surface area (Å²) in [5.41, 5.74) is 1.66. The first-order valence-electron chi connectivity index (χ1n) is 11.1. The van der Waals surface area contributed by atoms with Gasteiger partial charge >= 0.3 is 6.18 Å². The summed E-state index contributed by atoms with van der Waals surface area (Å²) in [6, 6.07) is 9.44. The van der Waals surface area contributed by atoms with E-state index in [-0.39, 0.29) is 29.1 Å². The van der Waals surface area contributed by atoms with Gasteiger partial charge in [-0.3, -0.25) is 4.72 Å². The molecule has 2 heterocycles. The van der Waals surface area contributed by atoms with Crippen LogP contribution in [0.2, 0.25) is 0 Å². The zero-order valence-electron chi connectivity index (χ0n) is 19.8. The fourth-order valence-electron chi connectivity index (χ4n) is 4.03. The molecule has 4 rings (SSSR count). The summed E-state index contributed by atoms with van der Waals surface area (Å²) in [5.74, 6) is -2.31. The second-order valence-corrected chi connectivity index (χ2v) is 10.1. The van der Waals surface area contributed by atoms with E-state index in [0.29, 0.717) is 12.8 Å². The maximum absolute atomic E-state index is 14.7. The summed E-state index contributed by atoms with van der Waals surface area (Å²) in [5, 5.41) is 0. The molecular weight excluding hydrogens is 518 g/mol. The van der Waals surface area contributed by atoms with Gasteiger partial charge in [0.05, 0.1) is 14.2 Å². The van der Waals surface area contributed by atoms with Gasteiger partial charge in [0.1, 0.15) is 29.1 Å². The number of nitrogens with zero attached hydrogens (tertiary/aromatic N) is 2. The Hall–Kier alpha value is -3.61. The number of fused-ring (bicyclic) bond motifs is 1. The lowest BCUT2D eigenvalue weighted by Crippen LogP contribution is -2.28. The Kier molecular flexibility index (Phi) is 7.44. The molecule has 1 N–H and O–H groups in total. The van der Waals surface area contributed by atoms with Crippen LogP contribution in [0.4, 0.5) is 23.2 Å². The standard InChI is InChI=1S/C24H23F4N3O5S/c1-34-17-5-3-14-4-6-18(10-15(14)9-17)36-21-8-7-19(25)22(30-21)16-11-20(23(35-2)29-12-16)31-37(32,33)13-24(26,27)28/h3,5,7-9,11-12,18,31H,4,6,10,13H2,1-2H3. The van der Waals surface area contributed by atoms with Gasteiger partial charge in [-0.15, -0.1) is 0 Å². The minimum Gasteiger partial charge on any atom is -0.497 e. The molecule has 1 aliphatic carbocycles.